The summed E-state index contributed by atoms with van der Waals surface area (Å²) in [6.45, 7) is 5.76. The standard InChI is InChI=1S/C34H43N3O6S/c1-4-5-19-35-34(39)30(23-27-13-7-6-8-14-27)36(25-28-15-10-9-12-26(28)2)33(38)16-11-20-37(44(3,40)41)29-17-18-31-32(24-29)43-22-21-42-31/h6-10,12-15,17-18,24,30H,4-5,11,16,19-23,25H2,1-3H3,(H,35,39). The first-order valence-electron chi connectivity index (χ1n) is 15.2. The fourth-order valence-electron chi connectivity index (χ4n) is 5.22. The summed E-state index contributed by atoms with van der Waals surface area (Å²) in [5.41, 5.74) is 3.37. The molecule has 3 aromatic rings. The number of anilines is 1. The molecule has 236 valence electrons. The highest BCUT2D eigenvalue weighted by Gasteiger charge is 2.31. The van der Waals surface area contributed by atoms with Gasteiger partial charge in [-0.05, 0) is 48.6 Å². The van der Waals surface area contributed by atoms with Crippen LogP contribution in [0.4, 0.5) is 5.69 Å². The Hall–Kier alpha value is -4.05. The minimum atomic E-state index is -3.65. The Balaban J connectivity index is 1.57. The van der Waals surface area contributed by atoms with E-state index in [4.69, 9.17) is 9.47 Å². The number of sulfonamides is 1. The molecule has 9 nitrogen and oxygen atoms in total. The Bertz CT molecular complexity index is 1510. The van der Waals surface area contributed by atoms with Gasteiger partial charge in [0.2, 0.25) is 21.8 Å². The second-order valence-corrected chi connectivity index (χ2v) is 13.0. The molecule has 3 aromatic carbocycles. The van der Waals surface area contributed by atoms with Crippen molar-refractivity contribution < 1.29 is 27.5 Å². The van der Waals surface area contributed by atoms with Gasteiger partial charge in [-0.3, -0.25) is 13.9 Å². The van der Waals surface area contributed by atoms with E-state index < -0.39 is 16.1 Å². The van der Waals surface area contributed by atoms with E-state index in [-0.39, 0.29) is 37.7 Å². The van der Waals surface area contributed by atoms with Crippen molar-refractivity contribution in [1.29, 1.82) is 0 Å². The molecule has 0 aromatic heterocycles. The average molecular weight is 622 g/mol. The van der Waals surface area contributed by atoms with E-state index in [9.17, 15) is 18.0 Å². The number of benzene rings is 3. The molecule has 0 spiro atoms. The number of rotatable bonds is 15. The van der Waals surface area contributed by atoms with Gasteiger partial charge in [0.1, 0.15) is 19.3 Å². The van der Waals surface area contributed by atoms with E-state index in [1.807, 2.05) is 61.5 Å². The average Bonchev–Trinajstić information content (AvgIpc) is 3.01. The number of carbonyl (C=O) groups is 2. The molecule has 10 heteroatoms. The van der Waals surface area contributed by atoms with Crippen LogP contribution in [0.2, 0.25) is 0 Å². The maximum atomic E-state index is 14.0. The summed E-state index contributed by atoms with van der Waals surface area (Å²) in [6, 6.07) is 21.8. The predicted molar refractivity (Wildman–Crippen MR) is 172 cm³/mol. The number of fused-ring (bicyclic) bond motifs is 1. The van der Waals surface area contributed by atoms with Crippen molar-refractivity contribution >= 4 is 27.5 Å². The normalized spacial score (nSPS) is 13.2. The van der Waals surface area contributed by atoms with Crippen molar-refractivity contribution in [1.82, 2.24) is 10.2 Å². The Labute approximate surface area is 261 Å². The maximum absolute atomic E-state index is 14.0. The first-order valence-corrected chi connectivity index (χ1v) is 17.0. The fraction of sp³-hybridized carbons (Fsp3) is 0.412. The predicted octanol–water partition coefficient (Wildman–Crippen LogP) is 4.87. The molecule has 4 rings (SSSR count). The molecule has 0 bridgehead atoms. The zero-order chi connectivity index (χ0) is 31.5. The van der Waals surface area contributed by atoms with E-state index in [2.05, 4.69) is 12.2 Å². The molecule has 0 fully saturated rings. The summed E-state index contributed by atoms with van der Waals surface area (Å²) >= 11 is 0. The molecular formula is C34H43N3O6S. The lowest BCUT2D eigenvalue weighted by atomic mass is 10.0. The quantitative estimate of drug-likeness (QED) is 0.243. The van der Waals surface area contributed by atoms with Gasteiger partial charge in [0.25, 0.3) is 0 Å². The van der Waals surface area contributed by atoms with Gasteiger partial charge in [-0.25, -0.2) is 8.42 Å². The molecule has 2 amide bonds. The van der Waals surface area contributed by atoms with E-state index in [0.29, 0.717) is 43.4 Å². The second kappa shape index (κ2) is 15.6. The van der Waals surface area contributed by atoms with Crippen molar-refractivity contribution in [3.8, 4) is 11.5 Å². The van der Waals surface area contributed by atoms with E-state index in [0.717, 1.165) is 35.8 Å². The lowest BCUT2D eigenvalue weighted by molar-refractivity contribution is -0.141. The largest absolute Gasteiger partial charge is 0.486 e. The molecule has 1 aliphatic rings. The smallest absolute Gasteiger partial charge is 0.243 e. The van der Waals surface area contributed by atoms with Crippen LogP contribution in [0.25, 0.3) is 0 Å². The summed E-state index contributed by atoms with van der Waals surface area (Å²) in [6.07, 6.45) is 3.62. The monoisotopic (exact) mass is 621 g/mol. The van der Waals surface area contributed by atoms with E-state index in [1.165, 1.54) is 4.31 Å². The van der Waals surface area contributed by atoms with Gasteiger partial charge in [-0.15, -0.1) is 0 Å². The molecule has 1 aliphatic heterocycles. The highest BCUT2D eigenvalue weighted by atomic mass is 32.2. The lowest BCUT2D eigenvalue weighted by Crippen LogP contribution is -2.50. The van der Waals surface area contributed by atoms with E-state index in [1.54, 1.807) is 23.1 Å². The number of amides is 2. The molecule has 1 atom stereocenters. The van der Waals surface area contributed by atoms with Gasteiger partial charge in [-0.2, -0.15) is 0 Å². The molecule has 0 saturated heterocycles. The maximum Gasteiger partial charge on any atom is 0.243 e. The van der Waals surface area contributed by atoms with Crippen LogP contribution in [0.5, 0.6) is 11.5 Å². The summed E-state index contributed by atoms with van der Waals surface area (Å²) in [5, 5.41) is 3.04. The van der Waals surface area contributed by atoms with Crippen LogP contribution in [0.1, 0.15) is 49.3 Å². The van der Waals surface area contributed by atoms with Crippen LogP contribution in [0, 0.1) is 6.92 Å². The third kappa shape index (κ3) is 8.98. The number of aryl methyl sites for hydroxylation is 1. The van der Waals surface area contributed by atoms with Gasteiger partial charge < -0.3 is 19.7 Å². The van der Waals surface area contributed by atoms with Crippen LogP contribution in [-0.2, 0) is 32.6 Å². The summed E-state index contributed by atoms with van der Waals surface area (Å²) in [4.78, 5) is 29.3. The number of ether oxygens (including phenoxy) is 2. The van der Waals surface area contributed by atoms with Gasteiger partial charge in [0.05, 0.1) is 11.9 Å². The third-order valence-corrected chi connectivity index (χ3v) is 8.86. The van der Waals surface area contributed by atoms with Crippen LogP contribution in [0.15, 0.2) is 72.8 Å². The number of nitrogens with one attached hydrogen (secondary N) is 1. The minimum Gasteiger partial charge on any atom is -0.486 e. The van der Waals surface area contributed by atoms with Crippen molar-refractivity contribution in [2.75, 3.05) is 36.9 Å². The fourth-order valence-corrected chi connectivity index (χ4v) is 6.18. The van der Waals surface area contributed by atoms with Crippen LogP contribution >= 0.6 is 0 Å². The Morgan fingerprint density at radius 3 is 2.34 bits per heavy atom. The summed E-state index contributed by atoms with van der Waals surface area (Å²) < 4.78 is 38.2. The van der Waals surface area contributed by atoms with Gasteiger partial charge in [-0.1, -0.05) is 67.9 Å². The number of carbonyl (C=O) groups excluding carboxylic acids is 2. The number of nitrogens with zero attached hydrogens (tertiary/aromatic N) is 2. The lowest BCUT2D eigenvalue weighted by Gasteiger charge is -2.32. The Morgan fingerprint density at radius 1 is 0.932 bits per heavy atom. The SMILES string of the molecule is CCCCNC(=O)C(Cc1ccccc1)N(Cc1ccccc1C)C(=O)CCCN(c1ccc2c(c1)OCCO2)S(C)(=O)=O. The number of hydrogen-bond acceptors (Lipinski definition) is 6. The summed E-state index contributed by atoms with van der Waals surface area (Å²) in [5.74, 6) is 0.645. The molecule has 1 N–H and O–H groups in total. The molecule has 0 radical (unpaired) electrons. The van der Waals surface area contributed by atoms with Crippen LogP contribution in [-0.4, -0.2) is 63.7 Å². The number of unbranched alkanes of at least 4 members (excludes halogenated alkanes) is 1. The van der Waals surface area contributed by atoms with Gasteiger partial charge >= 0.3 is 0 Å². The highest BCUT2D eigenvalue weighted by Crippen LogP contribution is 2.35. The zero-order valence-corrected chi connectivity index (χ0v) is 26.6. The Kier molecular flexibility index (Phi) is 11.7. The third-order valence-electron chi connectivity index (χ3n) is 7.67. The van der Waals surface area contributed by atoms with Crippen LogP contribution in [0.3, 0.4) is 0 Å². The molecule has 0 saturated carbocycles. The highest BCUT2D eigenvalue weighted by molar-refractivity contribution is 7.92. The minimum absolute atomic E-state index is 0.0655. The first kappa shape index (κ1) is 32.9. The molecule has 44 heavy (non-hydrogen) atoms. The Morgan fingerprint density at radius 2 is 1.64 bits per heavy atom. The molecule has 0 aliphatic carbocycles. The van der Waals surface area contributed by atoms with Gasteiger partial charge in [0, 0.05) is 38.5 Å². The van der Waals surface area contributed by atoms with Crippen molar-refractivity contribution in [3.05, 3.63) is 89.5 Å². The second-order valence-electron chi connectivity index (χ2n) is 11.1. The number of hydrogen-bond donors (Lipinski definition) is 1. The molecule has 1 heterocycles. The van der Waals surface area contributed by atoms with Crippen molar-refractivity contribution in [3.63, 3.8) is 0 Å². The van der Waals surface area contributed by atoms with Crippen molar-refractivity contribution in [2.24, 2.45) is 0 Å². The zero-order valence-electron chi connectivity index (χ0n) is 25.8. The molecular weight excluding hydrogens is 578 g/mol. The van der Waals surface area contributed by atoms with Gasteiger partial charge in [0.15, 0.2) is 11.5 Å². The van der Waals surface area contributed by atoms with Crippen molar-refractivity contribution in [2.45, 2.75) is 58.5 Å². The molecule has 1 unspecified atom stereocenters. The topological polar surface area (TPSA) is 105 Å². The first-order chi connectivity index (χ1) is 21.2. The van der Waals surface area contributed by atoms with Crippen LogP contribution < -0.4 is 19.1 Å². The van der Waals surface area contributed by atoms with E-state index >= 15 is 0 Å². The summed E-state index contributed by atoms with van der Waals surface area (Å²) in [7, 11) is -3.65.